The van der Waals surface area contributed by atoms with Crippen LogP contribution in [0.25, 0.3) is 6.08 Å². The van der Waals surface area contributed by atoms with Crippen LogP contribution in [-0.4, -0.2) is 30.6 Å². The molecule has 0 unspecified atom stereocenters. The molecule has 0 aromatic heterocycles. The highest BCUT2D eigenvalue weighted by Crippen LogP contribution is 2.24. The lowest BCUT2D eigenvalue weighted by molar-refractivity contribution is -0.114. The van der Waals surface area contributed by atoms with E-state index >= 15 is 0 Å². The highest BCUT2D eigenvalue weighted by molar-refractivity contribution is 8.00. The monoisotopic (exact) mass is 589 g/mol. The largest absolute Gasteiger partial charge is 0.496 e. The number of benzene rings is 4. The highest BCUT2D eigenvalue weighted by atomic mass is 35.5. The number of anilines is 2. The molecule has 0 radical (unpaired) electrons. The van der Waals surface area contributed by atoms with Crippen molar-refractivity contribution in [2.24, 2.45) is 0 Å². The molecular weight excluding hydrogens is 565 g/mol. The van der Waals surface area contributed by atoms with E-state index in [1.165, 1.54) is 37.1 Å². The van der Waals surface area contributed by atoms with Crippen LogP contribution in [0, 0.1) is 5.82 Å². The van der Waals surface area contributed by atoms with Gasteiger partial charge in [0.1, 0.15) is 17.3 Å². The SMILES string of the molecule is COc1ccccc1/C=C(\NC(=O)c1ccccc1)C(=O)Nc1ccc(SCC(=O)Nc2ccc(F)c(Cl)c2)cc1. The van der Waals surface area contributed by atoms with Gasteiger partial charge >= 0.3 is 0 Å². The zero-order valence-corrected chi connectivity index (χ0v) is 23.4. The lowest BCUT2D eigenvalue weighted by Gasteiger charge is -2.13. The number of nitrogens with one attached hydrogen (secondary N) is 3. The Kier molecular flexibility index (Phi) is 10.1. The number of hydrogen-bond donors (Lipinski definition) is 3. The van der Waals surface area contributed by atoms with E-state index in [4.69, 9.17) is 16.3 Å². The number of carbonyl (C=O) groups excluding carboxylic acids is 3. The minimum atomic E-state index is -0.563. The van der Waals surface area contributed by atoms with Gasteiger partial charge in [-0.25, -0.2) is 4.39 Å². The van der Waals surface area contributed by atoms with Gasteiger partial charge < -0.3 is 20.7 Å². The number of halogens is 2. The van der Waals surface area contributed by atoms with Crippen LogP contribution in [0.5, 0.6) is 5.75 Å². The van der Waals surface area contributed by atoms with Crippen molar-refractivity contribution >= 4 is 58.5 Å². The molecule has 41 heavy (non-hydrogen) atoms. The maximum absolute atomic E-state index is 13.3. The number of methoxy groups -OCH3 is 1. The first-order chi connectivity index (χ1) is 19.8. The summed E-state index contributed by atoms with van der Waals surface area (Å²) < 4.78 is 18.7. The third-order valence-electron chi connectivity index (χ3n) is 5.65. The number of thioether (sulfide) groups is 1. The zero-order valence-electron chi connectivity index (χ0n) is 21.8. The number of amides is 3. The molecule has 3 amide bonds. The fourth-order valence-corrected chi connectivity index (χ4v) is 4.52. The second kappa shape index (κ2) is 14.2. The molecule has 0 bridgehead atoms. The van der Waals surface area contributed by atoms with Crippen LogP contribution < -0.4 is 20.7 Å². The van der Waals surface area contributed by atoms with Gasteiger partial charge in [0.15, 0.2) is 0 Å². The molecule has 3 N–H and O–H groups in total. The van der Waals surface area contributed by atoms with Gasteiger partial charge in [0.05, 0.1) is 17.9 Å². The summed E-state index contributed by atoms with van der Waals surface area (Å²) in [7, 11) is 1.52. The molecule has 208 valence electrons. The molecule has 0 heterocycles. The normalized spacial score (nSPS) is 11.0. The molecule has 0 aliphatic heterocycles. The van der Waals surface area contributed by atoms with Crippen molar-refractivity contribution in [1.29, 1.82) is 0 Å². The summed E-state index contributed by atoms with van der Waals surface area (Å²) in [5.74, 6) is -1.16. The molecule has 4 aromatic carbocycles. The van der Waals surface area contributed by atoms with Gasteiger partial charge in [0, 0.05) is 27.4 Å². The van der Waals surface area contributed by atoms with Gasteiger partial charge in [-0.3, -0.25) is 14.4 Å². The maximum Gasteiger partial charge on any atom is 0.272 e. The van der Waals surface area contributed by atoms with Crippen molar-refractivity contribution in [1.82, 2.24) is 5.32 Å². The van der Waals surface area contributed by atoms with E-state index in [9.17, 15) is 18.8 Å². The summed E-state index contributed by atoms with van der Waals surface area (Å²) in [4.78, 5) is 39.2. The molecule has 0 spiro atoms. The van der Waals surface area contributed by atoms with Crippen LogP contribution in [0.3, 0.4) is 0 Å². The van der Waals surface area contributed by atoms with E-state index in [0.29, 0.717) is 28.3 Å². The summed E-state index contributed by atoms with van der Waals surface area (Å²) in [6, 6.07) is 26.6. The van der Waals surface area contributed by atoms with Crippen LogP contribution in [0.2, 0.25) is 5.02 Å². The fraction of sp³-hybridized carbons (Fsp3) is 0.0645. The van der Waals surface area contributed by atoms with Crippen molar-refractivity contribution in [3.8, 4) is 5.75 Å². The van der Waals surface area contributed by atoms with Crippen LogP contribution in [0.1, 0.15) is 15.9 Å². The summed E-state index contributed by atoms with van der Waals surface area (Å²) in [6.07, 6.45) is 1.55. The predicted octanol–water partition coefficient (Wildman–Crippen LogP) is 6.63. The molecule has 0 saturated carbocycles. The lowest BCUT2D eigenvalue weighted by Crippen LogP contribution is -2.30. The molecule has 0 fully saturated rings. The number of ether oxygens (including phenoxy) is 1. The van der Waals surface area contributed by atoms with Crippen molar-refractivity contribution in [2.75, 3.05) is 23.5 Å². The van der Waals surface area contributed by atoms with Crippen molar-refractivity contribution in [3.05, 3.63) is 125 Å². The summed E-state index contributed by atoms with van der Waals surface area (Å²) in [5.41, 5.74) is 1.93. The first kappa shape index (κ1) is 29.4. The first-order valence-electron chi connectivity index (χ1n) is 12.3. The van der Waals surface area contributed by atoms with E-state index in [1.807, 2.05) is 0 Å². The third kappa shape index (κ3) is 8.44. The van der Waals surface area contributed by atoms with E-state index in [-0.39, 0.29) is 22.4 Å². The Labute approximate surface area is 245 Å². The number of hydrogen-bond acceptors (Lipinski definition) is 5. The lowest BCUT2D eigenvalue weighted by atomic mass is 10.1. The molecule has 10 heteroatoms. The Balaban J connectivity index is 1.42. The van der Waals surface area contributed by atoms with Crippen LogP contribution >= 0.6 is 23.4 Å². The first-order valence-corrected chi connectivity index (χ1v) is 13.7. The van der Waals surface area contributed by atoms with E-state index in [1.54, 1.807) is 84.9 Å². The standard InChI is InChI=1S/C31H25ClFN3O4S/c1-40-28-10-6-5-9-21(28)17-27(36-30(38)20-7-3-2-4-8-20)31(39)35-22-11-14-24(15-12-22)41-19-29(37)34-23-13-16-26(33)25(32)18-23/h2-18H,19H2,1H3,(H,34,37)(H,35,39)(H,36,38)/b27-17-. The second-order valence-corrected chi connectivity index (χ2v) is 10.0. The second-order valence-electron chi connectivity index (χ2n) is 8.56. The molecule has 7 nitrogen and oxygen atoms in total. The quantitative estimate of drug-likeness (QED) is 0.143. The molecule has 4 aromatic rings. The maximum atomic E-state index is 13.3. The summed E-state index contributed by atoms with van der Waals surface area (Å²) >= 11 is 7.04. The van der Waals surface area contributed by atoms with Gasteiger partial charge in [0.25, 0.3) is 11.8 Å². The Morgan fingerprint density at radius 3 is 2.27 bits per heavy atom. The van der Waals surface area contributed by atoms with E-state index < -0.39 is 17.6 Å². The molecule has 0 aliphatic carbocycles. The minimum absolute atomic E-state index is 0.0272. The van der Waals surface area contributed by atoms with Crippen molar-refractivity contribution in [3.63, 3.8) is 0 Å². The average molecular weight is 590 g/mol. The van der Waals surface area contributed by atoms with E-state index in [2.05, 4.69) is 16.0 Å². The molecular formula is C31H25ClFN3O4S. The molecule has 4 rings (SSSR count). The van der Waals surface area contributed by atoms with Gasteiger partial charge in [-0.1, -0.05) is 48.0 Å². The van der Waals surface area contributed by atoms with Crippen LogP contribution in [0.4, 0.5) is 15.8 Å². The van der Waals surface area contributed by atoms with Crippen LogP contribution in [-0.2, 0) is 9.59 Å². The molecule has 0 saturated heterocycles. The summed E-state index contributed by atoms with van der Waals surface area (Å²) in [5, 5.41) is 8.09. The Bertz CT molecular complexity index is 1580. The fourth-order valence-electron chi connectivity index (χ4n) is 3.64. The Morgan fingerprint density at radius 1 is 0.878 bits per heavy atom. The number of para-hydroxylation sites is 1. The average Bonchev–Trinajstić information content (AvgIpc) is 2.99. The van der Waals surface area contributed by atoms with Gasteiger partial charge in [-0.05, 0) is 66.7 Å². The molecule has 0 atom stereocenters. The number of rotatable bonds is 10. The predicted molar refractivity (Wildman–Crippen MR) is 161 cm³/mol. The smallest absolute Gasteiger partial charge is 0.272 e. The summed E-state index contributed by atoms with van der Waals surface area (Å²) in [6.45, 7) is 0. The number of carbonyl (C=O) groups is 3. The van der Waals surface area contributed by atoms with Crippen molar-refractivity contribution in [2.45, 2.75) is 4.90 Å². The molecule has 0 aliphatic rings. The van der Waals surface area contributed by atoms with Gasteiger partial charge in [-0.2, -0.15) is 0 Å². The Hall–Kier alpha value is -4.60. The Morgan fingerprint density at radius 2 is 1.56 bits per heavy atom. The van der Waals surface area contributed by atoms with Crippen LogP contribution in [0.15, 0.2) is 108 Å². The topological polar surface area (TPSA) is 96.5 Å². The van der Waals surface area contributed by atoms with Gasteiger partial charge in [0.2, 0.25) is 5.91 Å². The highest BCUT2D eigenvalue weighted by Gasteiger charge is 2.16. The van der Waals surface area contributed by atoms with E-state index in [0.717, 1.165) is 4.90 Å². The van der Waals surface area contributed by atoms with Gasteiger partial charge in [-0.15, -0.1) is 11.8 Å². The minimum Gasteiger partial charge on any atom is -0.496 e. The zero-order chi connectivity index (χ0) is 29.2. The van der Waals surface area contributed by atoms with Crippen molar-refractivity contribution < 1.29 is 23.5 Å². The third-order valence-corrected chi connectivity index (χ3v) is 6.95.